The van der Waals surface area contributed by atoms with Crippen molar-refractivity contribution in [3.05, 3.63) is 99.1 Å². The van der Waals surface area contributed by atoms with Crippen LogP contribution < -0.4 is 5.32 Å². The second-order valence-electron chi connectivity index (χ2n) is 9.32. The topological polar surface area (TPSA) is 79.2 Å². The number of benzene rings is 3. The fraction of sp³-hybridized carbons (Fsp3) is 0.179. The van der Waals surface area contributed by atoms with Crippen LogP contribution in [0.4, 0.5) is 18.9 Å². The van der Waals surface area contributed by atoms with Crippen LogP contribution in [0, 0.1) is 16.9 Å². The van der Waals surface area contributed by atoms with Gasteiger partial charge in [-0.15, -0.1) is 5.54 Å². The van der Waals surface area contributed by atoms with Crippen LogP contribution in [0.5, 0.6) is 0 Å². The van der Waals surface area contributed by atoms with Gasteiger partial charge in [0.05, 0.1) is 40.2 Å². The number of ether oxygens (including phenoxy) is 1. The lowest BCUT2D eigenvalue weighted by Crippen LogP contribution is -2.21. The van der Waals surface area contributed by atoms with Crippen molar-refractivity contribution in [3.63, 3.8) is 0 Å². The van der Waals surface area contributed by atoms with E-state index in [1.54, 1.807) is 12.1 Å². The fourth-order valence-corrected chi connectivity index (χ4v) is 4.21. The highest BCUT2D eigenvalue weighted by atomic mass is 35.5. The minimum Gasteiger partial charge on any atom is -0.465 e. The maximum atomic E-state index is 13.6. The number of alkyl halides is 3. The summed E-state index contributed by atoms with van der Waals surface area (Å²) < 4.78 is 45.6. The van der Waals surface area contributed by atoms with Gasteiger partial charge in [0.2, 0.25) is 0 Å². The molecular formula is C28H24ClF3N2O3Si. The second-order valence-corrected chi connectivity index (χ2v) is 14.5. The van der Waals surface area contributed by atoms with E-state index in [4.69, 9.17) is 17.0 Å². The molecule has 0 radical (unpaired) electrons. The summed E-state index contributed by atoms with van der Waals surface area (Å²) in [7, 11) is -0.502. The van der Waals surface area contributed by atoms with E-state index in [9.17, 15) is 22.8 Å². The first-order valence-electron chi connectivity index (χ1n) is 11.3. The molecule has 0 aliphatic rings. The summed E-state index contributed by atoms with van der Waals surface area (Å²) in [5, 5.41) is 10.9. The average molecular weight is 557 g/mol. The van der Waals surface area contributed by atoms with Crippen molar-refractivity contribution >= 4 is 43.0 Å². The zero-order valence-corrected chi connectivity index (χ0v) is 22.8. The fourth-order valence-electron chi connectivity index (χ4n) is 3.43. The SMILES string of the molecule is COC(=O)c1ccc(C(=N)c2ccc(C#C[Si](C)(C)C)cc2NC(=O)c2c(Cl)cccc2C(F)(F)F)cc1. The molecule has 0 atom stereocenters. The van der Waals surface area contributed by atoms with Gasteiger partial charge in [-0.1, -0.05) is 55.4 Å². The Morgan fingerprint density at radius 3 is 2.21 bits per heavy atom. The lowest BCUT2D eigenvalue weighted by atomic mass is 9.98. The maximum Gasteiger partial charge on any atom is 0.417 e. The number of hydrogen-bond acceptors (Lipinski definition) is 4. The molecule has 10 heteroatoms. The number of methoxy groups -OCH3 is 1. The monoisotopic (exact) mass is 556 g/mol. The normalized spacial score (nSPS) is 11.3. The van der Waals surface area contributed by atoms with Crippen LogP contribution in [0.1, 0.15) is 43.0 Å². The maximum absolute atomic E-state index is 13.6. The summed E-state index contributed by atoms with van der Waals surface area (Å²) in [5.41, 5.74) is 2.82. The van der Waals surface area contributed by atoms with Crippen molar-refractivity contribution in [3.8, 4) is 11.5 Å². The predicted octanol–water partition coefficient (Wildman–Crippen LogP) is 7.04. The number of carbonyl (C=O) groups excluding carboxylic acids is 2. The highest BCUT2D eigenvalue weighted by Gasteiger charge is 2.36. The lowest BCUT2D eigenvalue weighted by Gasteiger charge is -2.17. The van der Waals surface area contributed by atoms with Gasteiger partial charge in [-0.3, -0.25) is 10.2 Å². The van der Waals surface area contributed by atoms with E-state index in [0.29, 0.717) is 11.1 Å². The van der Waals surface area contributed by atoms with Gasteiger partial charge in [-0.25, -0.2) is 4.79 Å². The summed E-state index contributed by atoms with van der Waals surface area (Å²) in [6.07, 6.45) is -4.81. The van der Waals surface area contributed by atoms with Crippen LogP contribution in [0.15, 0.2) is 60.7 Å². The highest BCUT2D eigenvalue weighted by molar-refractivity contribution is 6.83. The molecule has 5 nitrogen and oxygen atoms in total. The number of halogens is 4. The van der Waals surface area contributed by atoms with Gasteiger partial charge in [-0.2, -0.15) is 13.2 Å². The first-order chi connectivity index (χ1) is 17.7. The van der Waals surface area contributed by atoms with Crippen molar-refractivity contribution in [2.45, 2.75) is 25.8 Å². The van der Waals surface area contributed by atoms with Crippen molar-refractivity contribution in [2.24, 2.45) is 0 Å². The Bertz CT molecular complexity index is 1470. The number of carbonyl (C=O) groups is 2. The second kappa shape index (κ2) is 11.3. The van der Waals surface area contributed by atoms with Crippen molar-refractivity contribution in [1.29, 1.82) is 5.41 Å². The Morgan fingerprint density at radius 1 is 1.00 bits per heavy atom. The molecule has 0 spiro atoms. The minimum absolute atomic E-state index is 0.0309. The number of rotatable bonds is 5. The van der Waals surface area contributed by atoms with Crippen molar-refractivity contribution in [1.82, 2.24) is 0 Å². The molecule has 3 aromatic carbocycles. The summed E-state index contributed by atoms with van der Waals surface area (Å²) in [6, 6.07) is 13.9. The van der Waals surface area contributed by atoms with E-state index in [1.807, 2.05) is 0 Å². The molecule has 1 amide bonds. The van der Waals surface area contributed by atoms with Gasteiger partial charge in [0, 0.05) is 16.7 Å². The molecule has 3 rings (SSSR count). The zero-order chi connectivity index (χ0) is 28.3. The molecule has 0 aliphatic heterocycles. The van der Waals surface area contributed by atoms with Crippen LogP contribution in [0.2, 0.25) is 24.7 Å². The van der Waals surface area contributed by atoms with Crippen LogP contribution in [0.25, 0.3) is 0 Å². The Kier molecular flexibility index (Phi) is 8.50. The van der Waals surface area contributed by atoms with Crippen LogP contribution in [0.3, 0.4) is 0 Å². The number of hydrogen-bond donors (Lipinski definition) is 2. The molecule has 0 aliphatic carbocycles. The zero-order valence-electron chi connectivity index (χ0n) is 21.0. The van der Waals surface area contributed by atoms with Gasteiger partial charge in [0.1, 0.15) is 8.07 Å². The van der Waals surface area contributed by atoms with Gasteiger partial charge in [-0.05, 0) is 42.5 Å². The third-order valence-electron chi connectivity index (χ3n) is 5.26. The molecule has 2 N–H and O–H groups in total. The summed E-state index contributed by atoms with van der Waals surface area (Å²) in [6.45, 7) is 6.17. The molecule has 196 valence electrons. The molecule has 0 saturated heterocycles. The Hall–Kier alpha value is -3.87. The quantitative estimate of drug-likeness (QED) is 0.153. The first kappa shape index (κ1) is 28.7. The first-order valence-corrected chi connectivity index (χ1v) is 15.2. The number of anilines is 1. The van der Waals surface area contributed by atoms with Crippen LogP contribution in [-0.4, -0.2) is 32.8 Å². The van der Waals surface area contributed by atoms with Crippen LogP contribution >= 0.6 is 11.6 Å². The van der Waals surface area contributed by atoms with Gasteiger partial charge < -0.3 is 10.1 Å². The Morgan fingerprint density at radius 2 is 1.63 bits per heavy atom. The highest BCUT2D eigenvalue weighted by Crippen LogP contribution is 2.35. The molecule has 38 heavy (non-hydrogen) atoms. The van der Waals surface area contributed by atoms with Crippen LogP contribution in [-0.2, 0) is 10.9 Å². The molecule has 3 aromatic rings. The standard InChI is InChI=1S/C28H24ClF3N2O3Si/c1-37-27(36)19-11-9-18(10-12-19)25(33)20-13-8-17(14-15-38(2,3)4)16-23(20)34-26(35)24-21(28(30,31)32)6-5-7-22(24)29/h5-13,16,33H,1-4H3,(H,34,35). The van der Waals surface area contributed by atoms with E-state index in [0.717, 1.165) is 12.1 Å². The minimum atomic E-state index is -4.81. The molecule has 0 heterocycles. The van der Waals surface area contributed by atoms with Gasteiger partial charge in [0.25, 0.3) is 5.91 Å². The number of amides is 1. The smallest absolute Gasteiger partial charge is 0.417 e. The lowest BCUT2D eigenvalue weighted by molar-refractivity contribution is -0.137. The average Bonchev–Trinajstić information content (AvgIpc) is 2.85. The molecule has 0 aromatic heterocycles. The molecule has 0 saturated carbocycles. The third-order valence-corrected chi connectivity index (χ3v) is 6.45. The predicted molar refractivity (Wildman–Crippen MR) is 145 cm³/mol. The van der Waals surface area contributed by atoms with Crippen molar-refractivity contribution in [2.75, 3.05) is 12.4 Å². The van der Waals surface area contributed by atoms with Gasteiger partial charge >= 0.3 is 12.1 Å². The van der Waals surface area contributed by atoms with Crippen molar-refractivity contribution < 1.29 is 27.5 Å². The van der Waals surface area contributed by atoms with E-state index in [-0.39, 0.29) is 27.5 Å². The summed E-state index contributed by atoms with van der Waals surface area (Å²) in [5.74, 6) is 1.43. The van der Waals surface area contributed by atoms with E-state index in [1.165, 1.54) is 43.5 Å². The molecule has 0 bridgehead atoms. The van der Waals surface area contributed by atoms with Gasteiger partial charge in [0.15, 0.2) is 0 Å². The largest absolute Gasteiger partial charge is 0.465 e. The summed E-state index contributed by atoms with van der Waals surface area (Å²) in [4.78, 5) is 24.9. The third kappa shape index (κ3) is 6.91. The van der Waals surface area contributed by atoms with E-state index in [2.05, 4.69) is 41.2 Å². The Balaban J connectivity index is 2.09. The summed E-state index contributed by atoms with van der Waals surface area (Å²) >= 11 is 6.02. The van der Waals surface area contributed by atoms with E-state index < -0.39 is 37.3 Å². The molecular weight excluding hydrogens is 533 g/mol. The molecule has 0 fully saturated rings. The van der Waals surface area contributed by atoms with E-state index >= 15 is 0 Å². The molecule has 0 unspecified atom stereocenters. The number of esters is 1. The number of nitrogens with one attached hydrogen (secondary N) is 2. The Labute approximate surface area is 224 Å².